The minimum absolute atomic E-state index is 0.0320. The predicted octanol–water partition coefficient (Wildman–Crippen LogP) is 6.81. The van der Waals surface area contributed by atoms with E-state index in [0.717, 1.165) is 16.9 Å². The molecule has 1 aliphatic rings. The van der Waals surface area contributed by atoms with Gasteiger partial charge in [0.25, 0.3) is 0 Å². The summed E-state index contributed by atoms with van der Waals surface area (Å²) >= 11 is 1.11. The van der Waals surface area contributed by atoms with Gasteiger partial charge in [-0.1, -0.05) is 24.3 Å². The molecule has 4 aromatic rings. The van der Waals surface area contributed by atoms with E-state index in [9.17, 15) is 27.5 Å². The first-order valence-electron chi connectivity index (χ1n) is 11.3. The highest BCUT2D eigenvalue weighted by atomic mass is 32.1. The van der Waals surface area contributed by atoms with E-state index in [0.29, 0.717) is 28.8 Å². The Morgan fingerprint density at radius 1 is 1.06 bits per heavy atom. The Hall–Kier alpha value is -3.43. The van der Waals surface area contributed by atoms with Crippen LogP contribution in [0.1, 0.15) is 20.8 Å². The maximum absolute atomic E-state index is 14.3. The molecule has 0 atom stereocenters. The Labute approximate surface area is 208 Å². The van der Waals surface area contributed by atoms with Crippen LogP contribution in [0.25, 0.3) is 10.1 Å². The number of nitrogens with zero attached hydrogens (tertiary/aromatic N) is 1. The smallest absolute Gasteiger partial charge is 0.394 e. The topological polar surface area (TPSA) is 49.8 Å². The Morgan fingerprint density at radius 3 is 2.47 bits per heavy atom. The number of thiophene rings is 1. The normalized spacial score (nSPS) is 14.7. The molecule has 5 rings (SSSR count). The molecule has 0 aliphatic carbocycles. The van der Waals surface area contributed by atoms with Crippen molar-refractivity contribution in [3.63, 3.8) is 0 Å². The molecule has 4 nitrogen and oxygen atoms in total. The van der Waals surface area contributed by atoms with Gasteiger partial charge in [-0.2, -0.15) is 13.2 Å². The lowest BCUT2D eigenvalue weighted by Gasteiger charge is -2.40. The highest BCUT2D eigenvalue weighted by Gasteiger charge is 2.46. The first-order valence-corrected chi connectivity index (χ1v) is 12.1. The molecule has 0 radical (unpaired) electrons. The number of carbonyl (C=O) groups is 1. The van der Waals surface area contributed by atoms with Gasteiger partial charge in [0.05, 0.1) is 11.5 Å². The summed E-state index contributed by atoms with van der Waals surface area (Å²) in [5.41, 5.74) is 0.868. The molecule has 36 heavy (non-hydrogen) atoms. The molecule has 1 aromatic heterocycles. The van der Waals surface area contributed by atoms with Gasteiger partial charge in [0.1, 0.15) is 22.2 Å². The lowest BCUT2D eigenvalue weighted by atomic mass is 9.99. The molecule has 2 heterocycles. The summed E-state index contributed by atoms with van der Waals surface area (Å²) in [6.07, 6.45) is -3.53. The molecule has 1 fully saturated rings. The Kier molecular flexibility index (Phi) is 6.44. The fourth-order valence-electron chi connectivity index (χ4n) is 4.17. The molecule has 3 aromatic carbocycles. The molecule has 1 saturated heterocycles. The highest BCUT2D eigenvalue weighted by Crippen LogP contribution is 2.43. The fourth-order valence-corrected chi connectivity index (χ4v) is 5.29. The largest absolute Gasteiger partial charge is 0.508 e. The van der Waals surface area contributed by atoms with Gasteiger partial charge in [0.15, 0.2) is 5.75 Å². The van der Waals surface area contributed by atoms with Crippen LogP contribution in [0.5, 0.6) is 17.2 Å². The van der Waals surface area contributed by atoms with Gasteiger partial charge in [-0.3, -0.25) is 4.79 Å². The Balaban J connectivity index is 1.34. The van der Waals surface area contributed by atoms with E-state index in [2.05, 4.69) is 0 Å². The summed E-state index contributed by atoms with van der Waals surface area (Å²) in [7, 11) is 0. The molecule has 0 bridgehead atoms. The van der Waals surface area contributed by atoms with Crippen molar-refractivity contribution in [1.82, 2.24) is 4.90 Å². The number of hydrogen-bond acceptors (Lipinski definition) is 5. The second-order valence-corrected chi connectivity index (χ2v) is 9.80. The van der Waals surface area contributed by atoms with Gasteiger partial charge < -0.3 is 14.7 Å². The monoisotopic (exact) mass is 515 g/mol. The summed E-state index contributed by atoms with van der Waals surface area (Å²) in [5, 5.41) is 10.5. The van der Waals surface area contributed by atoms with Crippen molar-refractivity contribution < 1.29 is 32.2 Å². The molecule has 1 aliphatic heterocycles. The van der Waals surface area contributed by atoms with Crippen molar-refractivity contribution in [1.29, 1.82) is 0 Å². The van der Waals surface area contributed by atoms with Gasteiger partial charge in [-0.05, 0) is 54.4 Å². The van der Waals surface area contributed by atoms with Crippen LogP contribution >= 0.6 is 11.3 Å². The summed E-state index contributed by atoms with van der Waals surface area (Å²) in [5.74, 6) is -1.64. The molecule has 1 N–H and O–H groups in total. The first-order chi connectivity index (χ1) is 17.2. The molecular weight excluding hydrogens is 494 g/mol. The van der Waals surface area contributed by atoms with Crippen molar-refractivity contribution in [3.8, 4) is 17.2 Å². The van der Waals surface area contributed by atoms with Gasteiger partial charge in [-0.15, -0.1) is 11.3 Å². The lowest BCUT2D eigenvalue weighted by molar-refractivity contribution is -0.208. The second-order valence-electron chi connectivity index (χ2n) is 8.74. The number of rotatable bonds is 7. The van der Waals surface area contributed by atoms with Crippen LogP contribution in [0.3, 0.4) is 0 Å². The van der Waals surface area contributed by atoms with E-state index in [-0.39, 0.29) is 35.0 Å². The summed E-state index contributed by atoms with van der Waals surface area (Å²) < 4.78 is 59.0. The minimum Gasteiger partial charge on any atom is -0.508 e. The van der Waals surface area contributed by atoms with Crippen LogP contribution in [0.2, 0.25) is 0 Å². The Bertz CT molecular complexity index is 1410. The number of phenols is 1. The van der Waals surface area contributed by atoms with Crippen molar-refractivity contribution in [3.05, 3.63) is 88.6 Å². The second kappa shape index (κ2) is 9.55. The van der Waals surface area contributed by atoms with Crippen molar-refractivity contribution in [2.24, 2.45) is 5.92 Å². The van der Waals surface area contributed by atoms with Gasteiger partial charge >= 0.3 is 6.18 Å². The maximum Gasteiger partial charge on any atom is 0.394 e. The number of likely N-dealkylation sites (tertiary alicyclic amines) is 1. The zero-order valence-corrected chi connectivity index (χ0v) is 19.7. The number of fused-ring (bicyclic) bond motifs is 1. The zero-order valence-electron chi connectivity index (χ0n) is 18.9. The van der Waals surface area contributed by atoms with Crippen LogP contribution in [0.4, 0.5) is 17.6 Å². The number of benzene rings is 3. The number of halogens is 4. The van der Waals surface area contributed by atoms with E-state index in [4.69, 9.17) is 4.74 Å². The standard InChI is InChI=1S/C27H21F4NO3S/c28-22-4-2-1-3-20(22)24(34)26-25(21-10-7-18(33)13-23(21)36-26)35-19-8-5-16(6-9-19)11-12-32-14-17(15-32)27(29,30)31/h1-10,13,17,33H,11-12,14-15H2. The third-order valence-corrected chi connectivity index (χ3v) is 7.37. The number of aromatic hydroxyl groups is 1. The van der Waals surface area contributed by atoms with E-state index in [1.165, 1.54) is 30.3 Å². The zero-order chi connectivity index (χ0) is 25.4. The van der Waals surface area contributed by atoms with E-state index < -0.39 is 23.7 Å². The van der Waals surface area contributed by atoms with Crippen LogP contribution in [-0.4, -0.2) is 41.6 Å². The quantitative estimate of drug-likeness (QED) is 0.217. The van der Waals surface area contributed by atoms with E-state index in [1.54, 1.807) is 29.2 Å². The SMILES string of the molecule is O=C(c1ccccc1F)c1sc2cc(O)ccc2c1Oc1ccc(CCN2CC(C(F)(F)F)C2)cc1. The number of ether oxygens (including phenoxy) is 1. The summed E-state index contributed by atoms with van der Waals surface area (Å²) in [6, 6.07) is 17.5. The third kappa shape index (κ3) is 4.94. The van der Waals surface area contributed by atoms with Gasteiger partial charge in [0, 0.05) is 29.7 Å². The van der Waals surface area contributed by atoms with Crippen LogP contribution < -0.4 is 4.74 Å². The predicted molar refractivity (Wildman–Crippen MR) is 130 cm³/mol. The van der Waals surface area contributed by atoms with Crippen LogP contribution in [0, 0.1) is 11.7 Å². The molecule has 9 heteroatoms. The molecule has 0 saturated carbocycles. The van der Waals surface area contributed by atoms with Crippen molar-refractivity contribution in [2.75, 3.05) is 19.6 Å². The van der Waals surface area contributed by atoms with E-state index in [1.807, 2.05) is 12.1 Å². The van der Waals surface area contributed by atoms with Crippen molar-refractivity contribution >= 4 is 27.2 Å². The average molecular weight is 516 g/mol. The molecule has 0 spiro atoms. The molecule has 0 unspecified atom stereocenters. The molecular formula is C27H21F4NO3S. The summed E-state index contributed by atoms with van der Waals surface area (Å²) in [4.78, 5) is 15.2. The van der Waals surface area contributed by atoms with Crippen LogP contribution in [0.15, 0.2) is 66.7 Å². The van der Waals surface area contributed by atoms with Crippen molar-refractivity contribution in [2.45, 2.75) is 12.6 Å². The maximum atomic E-state index is 14.3. The number of ketones is 1. The average Bonchev–Trinajstić information content (AvgIpc) is 3.15. The molecule has 186 valence electrons. The first kappa shape index (κ1) is 24.3. The highest BCUT2D eigenvalue weighted by molar-refractivity contribution is 7.21. The number of hydrogen-bond donors (Lipinski definition) is 1. The number of alkyl halides is 3. The summed E-state index contributed by atoms with van der Waals surface area (Å²) in [6.45, 7) is 0.599. The minimum atomic E-state index is -4.13. The van der Waals surface area contributed by atoms with E-state index >= 15 is 0 Å². The number of phenolic OH excluding ortho intramolecular Hbond substituents is 1. The van der Waals surface area contributed by atoms with Gasteiger partial charge in [-0.25, -0.2) is 4.39 Å². The number of carbonyl (C=O) groups excluding carboxylic acids is 1. The van der Waals surface area contributed by atoms with Gasteiger partial charge in [0.2, 0.25) is 5.78 Å². The van der Waals surface area contributed by atoms with Crippen LogP contribution in [-0.2, 0) is 6.42 Å². The lowest BCUT2D eigenvalue weighted by Crippen LogP contribution is -2.53. The Morgan fingerprint density at radius 2 is 1.78 bits per heavy atom. The fraction of sp³-hybridized carbons (Fsp3) is 0.222. The molecule has 0 amide bonds. The third-order valence-electron chi connectivity index (χ3n) is 6.23.